The predicted molar refractivity (Wildman–Crippen MR) is 83.2 cm³/mol. The Morgan fingerprint density at radius 2 is 2.00 bits per heavy atom. The number of hydrogen-bond acceptors (Lipinski definition) is 5. The Balaban J connectivity index is 1.91. The summed E-state index contributed by atoms with van der Waals surface area (Å²) in [4.78, 5) is 13.9. The number of amides is 1. The van der Waals surface area contributed by atoms with E-state index >= 15 is 0 Å². The van der Waals surface area contributed by atoms with E-state index in [1.807, 2.05) is 24.1 Å². The smallest absolute Gasteiger partial charge is 0.238 e. The lowest BCUT2D eigenvalue weighted by Crippen LogP contribution is -2.29. The van der Waals surface area contributed by atoms with Crippen LogP contribution in [-0.2, 0) is 11.3 Å². The molecule has 0 aliphatic carbocycles. The van der Waals surface area contributed by atoms with E-state index in [2.05, 4.69) is 5.32 Å². The summed E-state index contributed by atoms with van der Waals surface area (Å²) in [6.07, 6.45) is 1.62. The lowest BCUT2D eigenvalue weighted by Gasteiger charge is -2.15. The lowest BCUT2D eigenvalue weighted by atomic mass is 10.2. The molecule has 1 N–H and O–H groups in total. The number of nitrogens with one attached hydrogen (secondary N) is 1. The van der Waals surface area contributed by atoms with Crippen LogP contribution >= 0.6 is 0 Å². The maximum atomic E-state index is 12.0. The van der Waals surface area contributed by atoms with Crippen molar-refractivity contribution in [3.63, 3.8) is 0 Å². The fraction of sp³-hybridized carbons (Fsp3) is 0.312. The minimum atomic E-state index is -0.110. The molecule has 0 bridgehead atoms. The van der Waals surface area contributed by atoms with Gasteiger partial charge in [-0.2, -0.15) is 0 Å². The van der Waals surface area contributed by atoms with Gasteiger partial charge in [0.1, 0.15) is 5.76 Å². The summed E-state index contributed by atoms with van der Waals surface area (Å²) >= 11 is 0. The Morgan fingerprint density at radius 3 is 2.64 bits per heavy atom. The molecule has 1 heterocycles. The Hall–Kier alpha value is -2.47. The molecule has 1 aromatic carbocycles. The summed E-state index contributed by atoms with van der Waals surface area (Å²) in [6.45, 7) is 0.835. The molecule has 0 atom stereocenters. The topological polar surface area (TPSA) is 63.9 Å². The third-order valence-corrected chi connectivity index (χ3v) is 3.09. The molecule has 0 saturated carbocycles. The summed E-state index contributed by atoms with van der Waals surface area (Å²) in [5, 5.41) is 2.83. The van der Waals surface area contributed by atoms with E-state index in [0.717, 1.165) is 5.76 Å². The summed E-state index contributed by atoms with van der Waals surface area (Å²) in [5.74, 6) is 1.90. The second-order valence-electron chi connectivity index (χ2n) is 4.87. The fourth-order valence-corrected chi connectivity index (χ4v) is 2.08. The summed E-state index contributed by atoms with van der Waals surface area (Å²) in [7, 11) is 4.98. The van der Waals surface area contributed by atoms with Gasteiger partial charge in [-0.25, -0.2) is 0 Å². The zero-order valence-electron chi connectivity index (χ0n) is 13.0. The summed E-state index contributed by atoms with van der Waals surface area (Å²) in [5.41, 5.74) is 0.661. The first-order valence-corrected chi connectivity index (χ1v) is 6.85. The van der Waals surface area contributed by atoms with Gasteiger partial charge in [-0.05, 0) is 31.3 Å². The molecule has 22 heavy (non-hydrogen) atoms. The number of carbonyl (C=O) groups excluding carboxylic acids is 1. The zero-order chi connectivity index (χ0) is 15.9. The third kappa shape index (κ3) is 4.26. The molecule has 0 saturated heterocycles. The number of rotatable bonds is 7. The first kappa shape index (κ1) is 15.9. The van der Waals surface area contributed by atoms with Gasteiger partial charge < -0.3 is 19.2 Å². The fourth-order valence-electron chi connectivity index (χ4n) is 2.08. The first-order valence-electron chi connectivity index (χ1n) is 6.85. The van der Waals surface area contributed by atoms with Crippen LogP contribution < -0.4 is 14.8 Å². The van der Waals surface area contributed by atoms with Gasteiger partial charge in [0.05, 0.1) is 33.6 Å². The Morgan fingerprint density at radius 1 is 1.23 bits per heavy atom. The number of carbonyl (C=O) groups is 1. The average molecular weight is 304 g/mol. The summed E-state index contributed by atoms with van der Waals surface area (Å²) < 4.78 is 15.6. The third-order valence-electron chi connectivity index (χ3n) is 3.09. The van der Waals surface area contributed by atoms with E-state index in [1.165, 1.54) is 0 Å². The minimum absolute atomic E-state index is 0.110. The molecule has 0 aliphatic rings. The van der Waals surface area contributed by atoms with Crippen molar-refractivity contribution < 1.29 is 18.7 Å². The highest BCUT2D eigenvalue weighted by Crippen LogP contribution is 2.29. The number of methoxy groups -OCH3 is 2. The molecule has 2 aromatic rings. The largest absolute Gasteiger partial charge is 0.493 e. The van der Waals surface area contributed by atoms with Crippen molar-refractivity contribution in [3.8, 4) is 11.5 Å². The number of hydrogen-bond donors (Lipinski definition) is 1. The van der Waals surface area contributed by atoms with Gasteiger partial charge in [0.25, 0.3) is 0 Å². The Kier molecular flexibility index (Phi) is 5.43. The molecule has 6 heteroatoms. The number of nitrogens with zero attached hydrogens (tertiary/aromatic N) is 1. The quantitative estimate of drug-likeness (QED) is 0.851. The highest BCUT2D eigenvalue weighted by Gasteiger charge is 2.10. The number of ether oxygens (including phenoxy) is 2. The highest BCUT2D eigenvalue weighted by atomic mass is 16.5. The van der Waals surface area contributed by atoms with Crippen molar-refractivity contribution in [1.29, 1.82) is 0 Å². The van der Waals surface area contributed by atoms with Crippen LogP contribution in [0.4, 0.5) is 5.69 Å². The molecule has 0 unspecified atom stereocenters. The lowest BCUT2D eigenvalue weighted by molar-refractivity contribution is -0.117. The standard InChI is InChI=1S/C16H20N2O4/c1-18(10-13-5-4-8-22-13)11-16(19)17-12-6-7-14(20-2)15(9-12)21-3/h4-9H,10-11H2,1-3H3,(H,17,19). The second kappa shape index (κ2) is 7.51. The van der Waals surface area contributed by atoms with Crippen LogP contribution in [0.2, 0.25) is 0 Å². The van der Waals surface area contributed by atoms with Gasteiger partial charge in [0, 0.05) is 11.8 Å². The van der Waals surface area contributed by atoms with Crippen LogP contribution in [0.15, 0.2) is 41.0 Å². The Labute approximate surface area is 129 Å². The molecule has 0 radical (unpaired) electrons. The van der Waals surface area contributed by atoms with E-state index in [1.54, 1.807) is 38.7 Å². The van der Waals surface area contributed by atoms with Crippen molar-refractivity contribution >= 4 is 11.6 Å². The number of anilines is 1. The van der Waals surface area contributed by atoms with E-state index in [-0.39, 0.29) is 12.5 Å². The van der Waals surface area contributed by atoms with Crippen LogP contribution in [0.3, 0.4) is 0 Å². The molecule has 0 fully saturated rings. The molecular formula is C16H20N2O4. The van der Waals surface area contributed by atoms with Crippen LogP contribution in [0.25, 0.3) is 0 Å². The summed E-state index contributed by atoms with van der Waals surface area (Å²) in [6, 6.07) is 8.95. The number of benzene rings is 1. The molecule has 118 valence electrons. The maximum absolute atomic E-state index is 12.0. The monoisotopic (exact) mass is 304 g/mol. The molecular weight excluding hydrogens is 284 g/mol. The van der Waals surface area contributed by atoms with E-state index in [9.17, 15) is 4.79 Å². The van der Waals surface area contributed by atoms with Crippen molar-refractivity contribution in [2.24, 2.45) is 0 Å². The molecule has 6 nitrogen and oxygen atoms in total. The van der Waals surface area contributed by atoms with Gasteiger partial charge in [-0.3, -0.25) is 9.69 Å². The zero-order valence-corrected chi connectivity index (χ0v) is 13.0. The molecule has 2 rings (SSSR count). The molecule has 1 amide bonds. The molecule has 0 aliphatic heterocycles. The van der Waals surface area contributed by atoms with Crippen molar-refractivity contribution in [1.82, 2.24) is 4.90 Å². The van der Waals surface area contributed by atoms with Crippen LogP contribution in [0.5, 0.6) is 11.5 Å². The van der Waals surface area contributed by atoms with Crippen molar-refractivity contribution in [2.45, 2.75) is 6.54 Å². The normalized spacial score (nSPS) is 10.5. The highest BCUT2D eigenvalue weighted by molar-refractivity contribution is 5.92. The van der Waals surface area contributed by atoms with Crippen molar-refractivity contribution in [3.05, 3.63) is 42.4 Å². The van der Waals surface area contributed by atoms with Gasteiger partial charge in [-0.1, -0.05) is 0 Å². The molecule has 0 spiro atoms. The van der Waals surface area contributed by atoms with Crippen molar-refractivity contribution in [2.75, 3.05) is 33.1 Å². The Bertz CT molecular complexity index is 611. The maximum Gasteiger partial charge on any atom is 0.238 e. The van der Waals surface area contributed by atoms with Crippen LogP contribution in [0, 0.1) is 0 Å². The number of likely N-dealkylation sites (N-methyl/N-ethyl adjacent to an activating group) is 1. The van der Waals surface area contributed by atoms with Crippen LogP contribution in [-0.4, -0.2) is 38.6 Å². The first-order chi connectivity index (χ1) is 10.6. The average Bonchev–Trinajstić information content (AvgIpc) is 2.99. The number of furan rings is 1. The van der Waals surface area contributed by atoms with Gasteiger partial charge >= 0.3 is 0 Å². The second-order valence-corrected chi connectivity index (χ2v) is 4.87. The van der Waals surface area contributed by atoms with Crippen LogP contribution in [0.1, 0.15) is 5.76 Å². The van der Waals surface area contributed by atoms with Gasteiger partial charge in [-0.15, -0.1) is 0 Å². The predicted octanol–water partition coefficient (Wildman–Crippen LogP) is 2.37. The van der Waals surface area contributed by atoms with Gasteiger partial charge in [0.15, 0.2) is 11.5 Å². The van der Waals surface area contributed by atoms with E-state index in [0.29, 0.717) is 23.7 Å². The van der Waals surface area contributed by atoms with Gasteiger partial charge in [0.2, 0.25) is 5.91 Å². The van der Waals surface area contributed by atoms with E-state index < -0.39 is 0 Å². The van der Waals surface area contributed by atoms with E-state index in [4.69, 9.17) is 13.9 Å². The molecule has 1 aromatic heterocycles. The SMILES string of the molecule is COc1ccc(NC(=O)CN(C)Cc2ccco2)cc1OC. The minimum Gasteiger partial charge on any atom is -0.493 e.